The number of carbonyl (C=O) groups is 3. The second-order valence-corrected chi connectivity index (χ2v) is 11.4. The highest BCUT2D eigenvalue weighted by atomic mass is 79.9. The molecule has 184 valence electrons. The molecule has 3 fully saturated rings. The van der Waals surface area contributed by atoms with E-state index < -0.39 is 59.6 Å². The van der Waals surface area contributed by atoms with Crippen molar-refractivity contribution in [1.82, 2.24) is 9.80 Å². The quantitative estimate of drug-likeness (QED) is 0.410. The summed E-state index contributed by atoms with van der Waals surface area (Å²) in [5, 5.41) is 20.4. The Hall–Kier alpha value is -2.23. The van der Waals surface area contributed by atoms with Crippen molar-refractivity contribution in [3.63, 3.8) is 0 Å². The number of benzene rings is 1. The van der Waals surface area contributed by atoms with Gasteiger partial charge < -0.3 is 24.7 Å². The number of carboxylic acids is 1. The fourth-order valence-corrected chi connectivity index (χ4v) is 6.91. The number of halogens is 1. The molecular weight excluding hydrogens is 504 g/mol. The van der Waals surface area contributed by atoms with Crippen molar-refractivity contribution in [2.75, 3.05) is 13.2 Å². The Morgan fingerprint density at radius 3 is 2.53 bits per heavy atom. The van der Waals surface area contributed by atoms with Crippen molar-refractivity contribution < 1.29 is 29.3 Å². The number of amides is 2. The molecular formula is C25H31BrN2O6. The van der Waals surface area contributed by atoms with Crippen molar-refractivity contribution in [2.24, 2.45) is 11.8 Å². The summed E-state index contributed by atoms with van der Waals surface area (Å²) in [7, 11) is 0. The van der Waals surface area contributed by atoms with Crippen LogP contribution in [0.4, 0.5) is 0 Å². The average Bonchev–Trinajstić information content (AvgIpc) is 3.36. The Morgan fingerprint density at radius 2 is 2.00 bits per heavy atom. The molecule has 1 spiro atoms. The molecule has 3 heterocycles. The zero-order valence-electron chi connectivity index (χ0n) is 19.6. The average molecular weight is 535 g/mol. The van der Waals surface area contributed by atoms with Crippen LogP contribution in [0.25, 0.3) is 0 Å². The molecule has 7 atom stereocenters. The predicted octanol–water partition coefficient (Wildman–Crippen LogP) is 2.37. The van der Waals surface area contributed by atoms with Crippen LogP contribution in [0.5, 0.6) is 0 Å². The fraction of sp³-hybridized carbons (Fsp3) is 0.560. The molecule has 34 heavy (non-hydrogen) atoms. The van der Waals surface area contributed by atoms with Crippen LogP contribution in [0.15, 0.2) is 43.0 Å². The number of ether oxygens (including phenoxy) is 1. The molecule has 1 unspecified atom stereocenters. The smallest absolute Gasteiger partial charge is 0.310 e. The van der Waals surface area contributed by atoms with Crippen LogP contribution in [-0.4, -0.2) is 79.1 Å². The minimum absolute atomic E-state index is 0.250. The molecule has 1 aromatic carbocycles. The number of carbonyl (C=O) groups excluding carboxylic acids is 2. The largest absolute Gasteiger partial charge is 0.481 e. The first kappa shape index (κ1) is 24.9. The van der Waals surface area contributed by atoms with Crippen LogP contribution in [0.2, 0.25) is 0 Å². The van der Waals surface area contributed by atoms with E-state index in [1.54, 1.807) is 35.2 Å². The van der Waals surface area contributed by atoms with E-state index in [4.69, 9.17) is 4.74 Å². The summed E-state index contributed by atoms with van der Waals surface area (Å²) in [6.45, 7) is 9.30. The fourth-order valence-electron chi connectivity index (χ4n) is 5.97. The summed E-state index contributed by atoms with van der Waals surface area (Å²) in [5.41, 5.74) is -1.23. The number of carboxylic acid groups (broad SMARTS) is 1. The number of fused-ring (bicyclic) bond motifs is 1. The zero-order chi connectivity index (χ0) is 25.0. The molecule has 0 aromatic heterocycles. The predicted molar refractivity (Wildman–Crippen MR) is 128 cm³/mol. The molecule has 3 saturated heterocycles. The van der Waals surface area contributed by atoms with Gasteiger partial charge in [-0.15, -0.1) is 6.58 Å². The number of alkyl halides is 1. The molecule has 0 aliphatic carbocycles. The Morgan fingerprint density at radius 1 is 1.35 bits per heavy atom. The van der Waals surface area contributed by atoms with Gasteiger partial charge >= 0.3 is 5.97 Å². The van der Waals surface area contributed by atoms with Crippen LogP contribution >= 0.6 is 15.9 Å². The maximum Gasteiger partial charge on any atom is 0.310 e. The highest BCUT2D eigenvalue weighted by Crippen LogP contribution is 2.61. The number of hydrogen-bond donors (Lipinski definition) is 2. The molecule has 4 rings (SSSR count). The molecule has 2 amide bonds. The van der Waals surface area contributed by atoms with E-state index in [1.807, 2.05) is 26.8 Å². The summed E-state index contributed by atoms with van der Waals surface area (Å²) in [4.78, 5) is 43.2. The van der Waals surface area contributed by atoms with E-state index >= 15 is 0 Å². The molecule has 3 aliphatic heterocycles. The van der Waals surface area contributed by atoms with Gasteiger partial charge in [0.2, 0.25) is 11.8 Å². The third-order valence-electron chi connectivity index (χ3n) is 7.33. The van der Waals surface area contributed by atoms with Gasteiger partial charge in [0.25, 0.3) is 0 Å². The van der Waals surface area contributed by atoms with Gasteiger partial charge in [-0.05, 0) is 32.8 Å². The van der Waals surface area contributed by atoms with E-state index in [0.717, 1.165) is 0 Å². The lowest BCUT2D eigenvalue weighted by Crippen LogP contribution is -2.60. The van der Waals surface area contributed by atoms with Crippen molar-refractivity contribution in [3.05, 3.63) is 48.6 Å². The van der Waals surface area contributed by atoms with Crippen LogP contribution in [0.3, 0.4) is 0 Å². The summed E-state index contributed by atoms with van der Waals surface area (Å²) < 4.78 is 6.33. The standard InChI is InChI=1S/C25H31BrN2O6/c1-5-11-27(24(2,3)4)22(31)20-25-12-15(26)19(34-25)17(23(32)33)18(25)21(30)28(20)16(13-29)14-9-7-6-8-10-14/h5-10,15-20,29H,1,11-13H2,2-4H3,(H,32,33)/t15?,16-,17+,18-,19+,20+,25-/m1/s1. The SMILES string of the molecule is C=CCN(C(=O)[C@@H]1N([C@H](CO)c2ccccc2)C(=O)[C@H]2[C@H](C(=O)O)[C@H]3O[C@@]12CC3Br)C(C)(C)C. The van der Waals surface area contributed by atoms with Crippen molar-refractivity contribution >= 4 is 33.7 Å². The summed E-state index contributed by atoms with van der Waals surface area (Å²) in [6, 6.07) is 7.08. The maximum atomic E-state index is 14.3. The Kier molecular flexibility index (Phi) is 6.42. The molecule has 0 saturated carbocycles. The first-order valence-corrected chi connectivity index (χ1v) is 12.4. The third kappa shape index (κ3) is 3.60. The molecule has 2 bridgehead atoms. The lowest BCUT2D eigenvalue weighted by molar-refractivity contribution is -0.155. The van der Waals surface area contributed by atoms with Crippen LogP contribution in [0.1, 0.15) is 38.8 Å². The van der Waals surface area contributed by atoms with Crippen LogP contribution < -0.4 is 0 Å². The Bertz CT molecular complexity index is 995. The van der Waals surface area contributed by atoms with Crippen molar-refractivity contribution in [3.8, 4) is 0 Å². The van der Waals surface area contributed by atoms with Crippen LogP contribution in [-0.2, 0) is 19.1 Å². The monoisotopic (exact) mass is 534 g/mol. The summed E-state index contributed by atoms with van der Waals surface area (Å²) >= 11 is 3.55. The van der Waals surface area contributed by atoms with E-state index in [1.165, 1.54) is 4.90 Å². The molecule has 1 aromatic rings. The number of aliphatic hydroxyl groups excluding tert-OH is 1. The van der Waals surface area contributed by atoms with Gasteiger partial charge in [-0.25, -0.2) is 0 Å². The second kappa shape index (κ2) is 8.77. The maximum absolute atomic E-state index is 14.3. The highest BCUT2D eigenvalue weighted by molar-refractivity contribution is 9.09. The minimum atomic E-state index is -1.30. The zero-order valence-corrected chi connectivity index (χ0v) is 21.1. The van der Waals surface area contributed by atoms with Crippen molar-refractivity contribution in [2.45, 2.75) is 61.3 Å². The normalized spacial score (nSPS) is 33.0. The molecule has 2 N–H and O–H groups in total. The van der Waals surface area contributed by atoms with Gasteiger partial charge in [0, 0.05) is 16.9 Å². The lowest BCUT2D eigenvalue weighted by atomic mass is 9.70. The van der Waals surface area contributed by atoms with Gasteiger partial charge in [-0.3, -0.25) is 14.4 Å². The van der Waals surface area contributed by atoms with Gasteiger partial charge in [-0.2, -0.15) is 0 Å². The molecule has 8 nitrogen and oxygen atoms in total. The summed E-state index contributed by atoms with van der Waals surface area (Å²) in [5.74, 6) is -4.03. The first-order valence-electron chi connectivity index (χ1n) is 11.4. The second-order valence-electron chi connectivity index (χ2n) is 10.3. The third-order valence-corrected chi connectivity index (χ3v) is 8.17. The van der Waals surface area contributed by atoms with Crippen LogP contribution in [0, 0.1) is 11.8 Å². The number of aliphatic hydroxyl groups is 1. The molecule has 0 radical (unpaired) electrons. The number of likely N-dealkylation sites (tertiary alicyclic amines) is 1. The van der Waals surface area contributed by atoms with Gasteiger partial charge in [0.1, 0.15) is 11.6 Å². The van der Waals surface area contributed by atoms with E-state index in [-0.39, 0.29) is 17.3 Å². The molecule has 9 heteroatoms. The Labute approximate surface area is 207 Å². The number of aliphatic carboxylic acids is 1. The first-order chi connectivity index (χ1) is 16.0. The van der Waals surface area contributed by atoms with Gasteiger partial charge in [0.05, 0.1) is 30.6 Å². The Balaban J connectivity index is 1.89. The number of hydrogen-bond acceptors (Lipinski definition) is 5. The van der Waals surface area contributed by atoms with Crippen molar-refractivity contribution in [1.29, 1.82) is 0 Å². The lowest BCUT2D eigenvalue weighted by Gasteiger charge is -2.43. The van der Waals surface area contributed by atoms with E-state index in [0.29, 0.717) is 12.0 Å². The number of nitrogens with zero attached hydrogens (tertiary/aromatic N) is 2. The molecule has 3 aliphatic rings. The highest BCUT2D eigenvalue weighted by Gasteiger charge is 2.77. The topological polar surface area (TPSA) is 107 Å². The van der Waals surface area contributed by atoms with Gasteiger partial charge in [0.15, 0.2) is 0 Å². The summed E-state index contributed by atoms with van der Waals surface area (Å²) in [6.07, 6.45) is 1.24. The van der Waals surface area contributed by atoms with E-state index in [9.17, 15) is 24.6 Å². The van der Waals surface area contributed by atoms with Gasteiger partial charge in [-0.1, -0.05) is 52.3 Å². The minimum Gasteiger partial charge on any atom is -0.481 e. The van der Waals surface area contributed by atoms with E-state index in [2.05, 4.69) is 22.5 Å². The number of rotatable bonds is 7.